The Balaban J connectivity index is 2.00. The van der Waals surface area contributed by atoms with E-state index in [0.717, 1.165) is 12.6 Å². The molecule has 0 bridgehead atoms. The van der Waals surface area contributed by atoms with Crippen LogP contribution in [0, 0.1) is 11.7 Å². The third kappa shape index (κ3) is 8.66. The van der Waals surface area contributed by atoms with E-state index in [1.165, 1.54) is 35.6 Å². The van der Waals surface area contributed by atoms with Crippen LogP contribution in [0.1, 0.15) is 56.5 Å². The molecular formula is C29H39FN4O6S. The third-order valence-corrected chi connectivity index (χ3v) is 7.74. The molecule has 1 fully saturated rings. The molecule has 10 nitrogen and oxygen atoms in total. The highest BCUT2D eigenvalue weighted by Gasteiger charge is 2.30. The second-order valence-corrected chi connectivity index (χ2v) is 12.8. The molecule has 3 rings (SSSR count). The van der Waals surface area contributed by atoms with Crippen molar-refractivity contribution >= 4 is 27.8 Å². The first-order chi connectivity index (χ1) is 19.2. The summed E-state index contributed by atoms with van der Waals surface area (Å²) in [6, 6.07) is 8.66. The molecule has 2 heterocycles. The van der Waals surface area contributed by atoms with Crippen molar-refractivity contribution in [3.63, 3.8) is 0 Å². The smallest absolute Gasteiger partial charge is 0.410 e. The minimum absolute atomic E-state index is 0.0314. The molecule has 1 aliphatic heterocycles. The summed E-state index contributed by atoms with van der Waals surface area (Å²) in [5.74, 6) is -0.597. The number of nitrogens with one attached hydrogen (secondary N) is 1. The number of hydrogen-bond donors (Lipinski definition) is 1. The van der Waals surface area contributed by atoms with Gasteiger partial charge in [-0.25, -0.2) is 22.6 Å². The van der Waals surface area contributed by atoms with Crippen molar-refractivity contribution in [1.29, 1.82) is 0 Å². The molecule has 2 amide bonds. The lowest BCUT2D eigenvalue weighted by atomic mass is 9.97. The molecule has 0 spiro atoms. The van der Waals surface area contributed by atoms with Gasteiger partial charge in [-0.2, -0.15) is 0 Å². The van der Waals surface area contributed by atoms with Gasteiger partial charge in [0, 0.05) is 32.2 Å². The molecule has 12 heteroatoms. The van der Waals surface area contributed by atoms with Crippen LogP contribution in [0.15, 0.2) is 47.2 Å². The van der Waals surface area contributed by atoms with Crippen molar-refractivity contribution < 1.29 is 31.6 Å². The minimum Gasteiger partial charge on any atom is -0.444 e. The number of hydrogen-bond acceptors (Lipinski definition) is 7. The van der Waals surface area contributed by atoms with Crippen LogP contribution in [-0.4, -0.2) is 68.8 Å². The lowest BCUT2D eigenvalue weighted by molar-refractivity contribution is 0.0187. The number of aryl methyl sites for hydroxylation is 1. The summed E-state index contributed by atoms with van der Waals surface area (Å²) in [5, 5.41) is 2.58. The summed E-state index contributed by atoms with van der Waals surface area (Å²) in [6.45, 7) is 8.35. The minimum atomic E-state index is -3.77. The number of anilines is 1. The molecule has 0 aliphatic carbocycles. The van der Waals surface area contributed by atoms with Crippen molar-refractivity contribution in [3.05, 3.63) is 59.7 Å². The van der Waals surface area contributed by atoms with E-state index in [-0.39, 0.29) is 35.7 Å². The normalized spacial score (nSPS) is 14.3. The maximum absolute atomic E-state index is 13.6. The van der Waals surface area contributed by atoms with Gasteiger partial charge in [0.25, 0.3) is 5.91 Å². The number of sulfonamides is 1. The van der Waals surface area contributed by atoms with Gasteiger partial charge >= 0.3 is 6.09 Å². The van der Waals surface area contributed by atoms with E-state index in [2.05, 4.69) is 10.3 Å². The van der Waals surface area contributed by atoms with Gasteiger partial charge < -0.3 is 19.4 Å². The van der Waals surface area contributed by atoms with Crippen LogP contribution >= 0.6 is 0 Å². The zero-order valence-electron chi connectivity index (χ0n) is 24.4. The SMILES string of the molecule is CCc1ccc(C(=O)NC)c(-c2ccc(F)cc2)ocnc1N(CC1CCN(C(=O)OC(C)(C)C)CC1)S(C)(=O)=O. The summed E-state index contributed by atoms with van der Waals surface area (Å²) in [5.41, 5.74) is 0.582. The van der Waals surface area contributed by atoms with Gasteiger partial charge in [0.15, 0.2) is 6.39 Å². The third-order valence-electron chi connectivity index (χ3n) is 6.61. The van der Waals surface area contributed by atoms with Gasteiger partial charge in [0.2, 0.25) is 10.0 Å². The molecule has 1 aliphatic rings. The van der Waals surface area contributed by atoms with Gasteiger partial charge in [-0.15, -0.1) is 0 Å². The average Bonchev–Trinajstić information content (AvgIpc) is 2.99. The maximum atomic E-state index is 13.6. The number of aromatic nitrogens is 1. The molecule has 0 radical (unpaired) electrons. The highest BCUT2D eigenvalue weighted by molar-refractivity contribution is 7.92. The first kappa shape index (κ1) is 31.9. The van der Waals surface area contributed by atoms with E-state index in [1.807, 2.05) is 27.7 Å². The van der Waals surface area contributed by atoms with E-state index < -0.39 is 27.3 Å². The van der Waals surface area contributed by atoms with Gasteiger partial charge in [-0.1, -0.05) is 13.0 Å². The number of carbonyl (C=O) groups excluding carboxylic acids is 2. The molecule has 0 saturated carbocycles. The number of ether oxygens (including phenoxy) is 1. The number of rotatable bonds is 7. The Morgan fingerprint density at radius 2 is 1.78 bits per heavy atom. The van der Waals surface area contributed by atoms with Gasteiger partial charge in [0.1, 0.15) is 23.0 Å². The number of nitrogens with zero attached hydrogens (tertiary/aromatic N) is 3. The maximum Gasteiger partial charge on any atom is 0.410 e. The Morgan fingerprint density at radius 1 is 1.15 bits per heavy atom. The molecule has 1 aromatic heterocycles. The summed E-state index contributed by atoms with van der Waals surface area (Å²) in [4.78, 5) is 31.3. The Bertz CT molecular complexity index is 1390. The number of likely N-dealkylation sites (tertiary alicyclic amines) is 1. The Labute approximate surface area is 241 Å². The molecule has 224 valence electrons. The Morgan fingerprint density at radius 3 is 2.32 bits per heavy atom. The molecule has 1 N–H and O–H groups in total. The predicted octanol–water partition coefficient (Wildman–Crippen LogP) is 4.94. The fourth-order valence-electron chi connectivity index (χ4n) is 4.49. The van der Waals surface area contributed by atoms with Gasteiger partial charge in [-0.05, 0) is 81.8 Å². The van der Waals surface area contributed by atoms with E-state index in [0.29, 0.717) is 43.5 Å². The highest BCUT2D eigenvalue weighted by atomic mass is 32.2. The Hall–Kier alpha value is -3.67. The lowest BCUT2D eigenvalue weighted by Crippen LogP contribution is -2.44. The van der Waals surface area contributed by atoms with E-state index >= 15 is 0 Å². The first-order valence-corrected chi connectivity index (χ1v) is 15.4. The van der Waals surface area contributed by atoms with E-state index in [9.17, 15) is 22.4 Å². The van der Waals surface area contributed by atoms with Crippen LogP contribution in [0.5, 0.6) is 0 Å². The van der Waals surface area contributed by atoms with Crippen molar-refractivity contribution in [3.8, 4) is 11.3 Å². The molecule has 0 unspecified atom stereocenters. The van der Waals surface area contributed by atoms with Gasteiger partial charge in [-0.3, -0.25) is 9.10 Å². The summed E-state index contributed by atoms with van der Waals surface area (Å²) in [6.07, 6.45) is 3.43. The lowest BCUT2D eigenvalue weighted by Gasteiger charge is -2.35. The monoisotopic (exact) mass is 590 g/mol. The highest BCUT2D eigenvalue weighted by Crippen LogP contribution is 2.28. The van der Waals surface area contributed by atoms with Gasteiger partial charge in [0.05, 0.1) is 11.8 Å². The zero-order valence-corrected chi connectivity index (χ0v) is 25.3. The topological polar surface area (TPSA) is 122 Å². The van der Waals surface area contributed by atoms with E-state index in [4.69, 9.17) is 9.15 Å². The predicted molar refractivity (Wildman–Crippen MR) is 155 cm³/mol. The summed E-state index contributed by atoms with van der Waals surface area (Å²) < 4.78 is 52.3. The largest absolute Gasteiger partial charge is 0.444 e. The van der Waals surface area contributed by atoms with Crippen molar-refractivity contribution in [2.45, 2.75) is 52.6 Å². The second kappa shape index (κ2) is 13.3. The molecular weight excluding hydrogens is 551 g/mol. The average molecular weight is 591 g/mol. The van der Waals surface area contributed by atoms with Crippen LogP contribution in [0.4, 0.5) is 15.0 Å². The molecule has 0 atom stereocenters. The van der Waals surface area contributed by atoms with E-state index in [1.54, 1.807) is 17.0 Å². The standard InChI is InChI=1S/C29H39FN4O6S/c1-7-21-10-13-24(27(35)31-5)25(22-8-11-23(30)12-9-22)39-19-32-26(21)34(41(6,37)38)18-20-14-16-33(17-15-20)28(36)40-29(2,3)4/h8-13,19-20H,7,14-18H2,1-6H3,(H,31,35). The zero-order chi connectivity index (χ0) is 30.4. The Kier molecular flexibility index (Phi) is 10.4. The quantitative estimate of drug-likeness (QED) is 0.485. The van der Waals surface area contributed by atoms with Crippen LogP contribution in [0.25, 0.3) is 11.3 Å². The van der Waals surface area contributed by atoms with Crippen LogP contribution in [0.2, 0.25) is 0 Å². The molecule has 2 aromatic rings. The summed E-state index contributed by atoms with van der Waals surface area (Å²) in [7, 11) is -2.29. The number of amides is 2. The number of piperidine rings is 1. The molecule has 41 heavy (non-hydrogen) atoms. The van der Waals surface area contributed by atoms with Crippen molar-refractivity contribution in [1.82, 2.24) is 15.2 Å². The molecule has 1 saturated heterocycles. The fourth-order valence-corrected chi connectivity index (χ4v) is 5.45. The second-order valence-electron chi connectivity index (χ2n) is 10.9. The first-order valence-electron chi connectivity index (χ1n) is 13.5. The molecule has 1 aromatic carbocycles. The van der Waals surface area contributed by atoms with Crippen LogP contribution < -0.4 is 9.62 Å². The fraction of sp³-hybridized carbons (Fsp3) is 0.483. The number of carbonyl (C=O) groups is 2. The van der Waals surface area contributed by atoms with Crippen LogP contribution in [0.3, 0.4) is 0 Å². The van der Waals surface area contributed by atoms with Crippen LogP contribution in [-0.2, 0) is 21.2 Å². The number of halogens is 1. The number of benzene rings is 1. The van der Waals surface area contributed by atoms with Crippen molar-refractivity contribution in [2.75, 3.05) is 37.2 Å². The van der Waals surface area contributed by atoms with Crippen molar-refractivity contribution in [2.24, 2.45) is 5.92 Å². The summed E-state index contributed by atoms with van der Waals surface area (Å²) >= 11 is 0.